The summed E-state index contributed by atoms with van der Waals surface area (Å²) in [5, 5.41) is 0. The van der Waals surface area contributed by atoms with Crippen LogP contribution in [0.25, 0.3) is 0 Å². The van der Waals surface area contributed by atoms with Gasteiger partial charge in [-0.3, -0.25) is 4.79 Å². The molecule has 2 N–H and O–H groups in total. The summed E-state index contributed by atoms with van der Waals surface area (Å²) < 4.78 is 121. The summed E-state index contributed by atoms with van der Waals surface area (Å²) in [6, 6.07) is 3.32. The lowest BCUT2D eigenvalue weighted by Gasteiger charge is -2.25. The maximum Gasteiger partial charge on any atom is 0.374 e. The molecule has 0 atom stereocenters. The molecule has 0 unspecified atom stereocenters. The number of carbonyl (C=O) groups excluding carboxylic acids is 8. The molecule has 0 rings (SSSR count). The van der Waals surface area contributed by atoms with Crippen LogP contribution in [0, 0.1) is 0 Å². The number of hydrogen-bond acceptors (Lipinski definition) is 31. The van der Waals surface area contributed by atoms with Crippen molar-refractivity contribution >= 4 is 116 Å². The van der Waals surface area contributed by atoms with Crippen LogP contribution in [0.4, 0.5) is 0 Å². The fourth-order valence-corrected chi connectivity index (χ4v) is 20.9. The summed E-state index contributed by atoms with van der Waals surface area (Å²) in [5.41, 5.74) is 2.82. The zero-order chi connectivity index (χ0) is 93.6. The van der Waals surface area contributed by atoms with Crippen LogP contribution >= 0.6 is 0 Å². The molecular formula is C79H160O32Si8. The molecule has 0 aliphatic carbocycles. The zero-order valence-electron chi connectivity index (χ0n) is 78.9. The first-order chi connectivity index (χ1) is 54.7. The van der Waals surface area contributed by atoms with Crippen molar-refractivity contribution in [3.05, 3.63) is 97.7 Å². The molecule has 0 saturated carbocycles. The number of ether oxygens (including phenoxy) is 7. The molecular weight excluding hydrogens is 1690 g/mol. The lowest BCUT2D eigenvalue weighted by molar-refractivity contribution is -0.139. The molecule has 0 aromatic heterocycles. The normalized spacial score (nSPS) is 11.1. The molecule has 0 heterocycles. The minimum atomic E-state index is -2.34. The first-order valence-corrected chi connectivity index (χ1v) is 59.4. The summed E-state index contributed by atoms with van der Waals surface area (Å²) in [6.07, 6.45) is 5.79. The van der Waals surface area contributed by atoms with Gasteiger partial charge in [0.15, 0.2) is 5.78 Å². The molecule has 0 aromatic carbocycles. The van der Waals surface area contributed by atoms with E-state index in [1.54, 1.807) is 105 Å². The Morgan fingerprint density at radius 3 is 0.580 bits per heavy atom. The highest BCUT2D eigenvalue weighted by Gasteiger charge is 2.37. The SMILES string of the molecule is C=C(C)C(=O)OCCC[Si](C)(OC)OC.C=C(C)C(=O)OCCC[Si](C)(OCC)OCC.C=C(C)C(=O)OCCC[Si](C)(OCC)OCC.C=C(C)C(=O)OC[Si](C)(OC)OC.C=C(C)C(=O)OC[Si](C)(OC)OC.C=C(C)C(=O)OC[Si](C)(OCC)OCC.C=C(C)C(=O)OC[Si](C)(OCC)OCC.C=CC(=O)CCC[Si](C)(OC)OC.O. The van der Waals surface area contributed by atoms with Crippen molar-refractivity contribution in [2.75, 3.05) is 154 Å². The van der Waals surface area contributed by atoms with E-state index in [1.807, 2.05) is 108 Å². The fraction of sp³-hybridized carbons (Fsp3) is 0.696. The van der Waals surface area contributed by atoms with Gasteiger partial charge in [0.25, 0.3) is 0 Å². The van der Waals surface area contributed by atoms with Crippen LogP contribution in [0.15, 0.2) is 97.7 Å². The Bertz CT molecular complexity index is 2710. The third-order valence-electron chi connectivity index (χ3n) is 15.7. The Balaban J connectivity index is -0.000000166. The molecule has 0 bridgehead atoms. The molecule has 0 saturated heterocycles. The Hall–Kier alpha value is -5.06. The van der Waals surface area contributed by atoms with E-state index >= 15 is 0 Å². The van der Waals surface area contributed by atoms with Crippen molar-refractivity contribution in [3.63, 3.8) is 0 Å². The quantitative estimate of drug-likeness (QED) is 0.0179. The lowest BCUT2D eigenvalue weighted by Crippen LogP contribution is -2.45. The third-order valence-corrected chi connectivity index (χ3v) is 37.5. The maximum absolute atomic E-state index is 11.2. The lowest BCUT2D eigenvalue weighted by atomic mass is 10.2. The van der Waals surface area contributed by atoms with E-state index in [1.165, 1.54) is 6.08 Å². The number of allylic oxidation sites excluding steroid dienone is 1. The minimum absolute atomic E-state index is 0. The predicted molar refractivity (Wildman–Crippen MR) is 484 cm³/mol. The molecule has 0 spiro atoms. The van der Waals surface area contributed by atoms with E-state index in [-0.39, 0.29) is 54.1 Å². The van der Waals surface area contributed by atoms with Crippen LogP contribution in [-0.4, -0.2) is 276 Å². The zero-order valence-corrected chi connectivity index (χ0v) is 86.9. The van der Waals surface area contributed by atoms with Gasteiger partial charge >= 0.3 is 110 Å². The van der Waals surface area contributed by atoms with Crippen molar-refractivity contribution in [2.24, 2.45) is 0 Å². The van der Waals surface area contributed by atoms with Crippen molar-refractivity contribution in [1.29, 1.82) is 0 Å². The highest BCUT2D eigenvalue weighted by Crippen LogP contribution is 2.20. The molecule has 0 fully saturated rings. The predicted octanol–water partition coefficient (Wildman–Crippen LogP) is 13.8. The van der Waals surface area contributed by atoms with Crippen LogP contribution in [0.2, 0.25) is 76.6 Å². The average molecular weight is 1850 g/mol. The molecule has 700 valence electrons. The number of ketones is 1. The van der Waals surface area contributed by atoms with Gasteiger partial charge in [-0.2, -0.15) is 0 Å². The Morgan fingerprint density at radius 1 is 0.252 bits per heavy atom. The number of rotatable bonds is 56. The van der Waals surface area contributed by atoms with E-state index in [0.29, 0.717) is 118 Å². The van der Waals surface area contributed by atoms with Crippen LogP contribution in [0.3, 0.4) is 0 Å². The summed E-state index contributed by atoms with van der Waals surface area (Å²) in [7, 11) is -4.57. The number of hydrogen-bond donors (Lipinski definition) is 0. The van der Waals surface area contributed by atoms with Crippen molar-refractivity contribution in [2.45, 2.75) is 213 Å². The molecule has 0 aliphatic heterocycles. The largest absolute Gasteiger partial charge is 0.462 e. The maximum atomic E-state index is 11.2. The third kappa shape index (κ3) is 75.2. The molecule has 0 aliphatic rings. The van der Waals surface area contributed by atoms with E-state index < -0.39 is 92.4 Å². The van der Waals surface area contributed by atoms with Gasteiger partial charge < -0.3 is 109 Å². The second-order valence-electron chi connectivity index (χ2n) is 27.2. The summed E-state index contributed by atoms with van der Waals surface area (Å²) in [4.78, 5) is 88.6. The fourth-order valence-electron chi connectivity index (χ4n) is 8.05. The average Bonchev–Trinajstić information content (AvgIpc) is 0.966. The van der Waals surface area contributed by atoms with Gasteiger partial charge in [0, 0.05) is 155 Å². The highest BCUT2D eigenvalue weighted by atomic mass is 28.4. The van der Waals surface area contributed by atoms with Gasteiger partial charge in [0.05, 0.1) is 19.8 Å². The Morgan fingerprint density at radius 2 is 0.412 bits per heavy atom. The first kappa shape index (κ1) is 132. The first-order valence-electron chi connectivity index (χ1n) is 39.2. The van der Waals surface area contributed by atoms with Gasteiger partial charge in [-0.1, -0.05) is 52.6 Å². The van der Waals surface area contributed by atoms with Gasteiger partial charge in [0.1, 0.15) is 24.9 Å². The van der Waals surface area contributed by atoms with Crippen molar-refractivity contribution < 1.29 is 148 Å². The second kappa shape index (κ2) is 76.6. The molecule has 0 amide bonds. The van der Waals surface area contributed by atoms with Gasteiger partial charge in [-0.15, -0.1) is 0 Å². The number of esters is 7. The van der Waals surface area contributed by atoms with Crippen LogP contribution < -0.4 is 0 Å². The topological polar surface area (TPSA) is 380 Å². The molecule has 0 aromatic rings. The molecule has 119 heavy (non-hydrogen) atoms. The number of carbonyl (C=O) groups is 8. The van der Waals surface area contributed by atoms with Crippen molar-refractivity contribution in [1.82, 2.24) is 0 Å². The summed E-state index contributed by atoms with van der Waals surface area (Å²) >= 11 is 0. The molecule has 0 radical (unpaired) electrons. The monoisotopic (exact) mass is 1840 g/mol. The Labute approximate surface area is 724 Å². The van der Waals surface area contributed by atoms with E-state index in [4.69, 9.17) is 104 Å². The molecule has 40 heteroatoms. The summed E-state index contributed by atoms with van der Waals surface area (Å²) in [6.45, 7) is 76.2. The van der Waals surface area contributed by atoms with Gasteiger partial charge in [0.2, 0.25) is 0 Å². The van der Waals surface area contributed by atoms with Crippen LogP contribution in [-0.2, 0) is 142 Å². The van der Waals surface area contributed by atoms with Crippen molar-refractivity contribution in [3.8, 4) is 0 Å². The van der Waals surface area contributed by atoms with E-state index in [0.717, 1.165) is 49.9 Å². The van der Waals surface area contributed by atoms with E-state index in [9.17, 15) is 38.4 Å². The standard InChI is InChI=1S/2C12H24O4Si.3C10H20O4Si.C9H18O3Si.2C8H16O4Si.H2O/c2*1-6-15-17(5,16-7-2)10-8-9-14-12(13)11(3)4;1-9(2)10(11)14-7-6-8-15(5,12-3)13-4;2*1-6-13-15(5,14-7-2)8-12-10(11)9(3)4;1-5-9(10)7-6-8-13(4,11-2)12-3;2*1-7(2)8(9)12-6-13(5,10-3)11-4;/h2*3,6-10H2,1-2,4-5H3;1,6-8H2,2-5H3;2*3,6-8H2,1-2,4-5H3;5H,1,6-8H2,2-4H3;2*1,6H2,2-5H3;1H2. The molecule has 32 nitrogen and oxygen atoms in total. The second-order valence-corrected chi connectivity index (χ2v) is 54.0. The smallest absolute Gasteiger partial charge is 0.374 e. The van der Waals surface area contributed by atoms with Crippen LogP contribution in [0.1, 0.15) is 136 Å². The van der Waals surface area contributed by atoms with Crippen LogP contribution in [0.5, 0.6) is 0 Å². The van der Waals surface area contributed by atoms with Gasteiger partial charge in [-0.05, 0) is 212 Å². The van der Waals surface area contributed by atoms with E-state index in [2.05, 4.69) is 52.6 Å². The minimum Gasteiger partial charge on any atom is -0.462 e. The summed E-state index contributed by atoms with van der Waals surface area (Å²) in [5.74, 6) is -2.53. The Kier molecular flexibility index (Phi) is 84.9. The highest BCUT2D eigenvalue weighted by molar-refractivity contribution is 6.68. The van der Waals surface area contributed by atoms with Gasteiger partial charge in [-0.25, -0.2) is 33.6 Å².